The molecule has 0 spiro atoms. The third-order valence-electron chi connectivity index (χ3n) is 3.63. The maximum absolute atomic E-state index is 11.5. The van der Waals surface area contributed by atoms with Crippen molar-refractivity contribution in [2.45, 2.75) is 6.10 Å². The summed E-state index contributed by atoms with van der Waals surface area (Å²) in [5.74, 6) is -0.917. The fourth-order valence-electron chi connectivity index (χ4n) is 2.50. The average molecular weight is 272 g/mol. The highest BCUT2D eigenvalue weighted by Gasteiger charge is 2.29. The highest BCUT2D eigenvalue weighted by atomic mass is 16.5. The number of carboxylic acid groups (broad SMARTS) is 1. The van der Waals surface area contributed by atoms with Gasteiger partial charge in [-0.1, -0.05) is 6.07 Å². The maximum atomic E-state index is 11.5. The third-order valence-corrected chi connectivity index (χ3v) is 3.63. The molecule has 0 atom stereocenters. The summed E-state index contributed by atoms with van der Waals surface area (Å²) in [6.45, 7) is 1.57. The van der Waals surface area contributed by atoms with E-state index < -0.39 is 5.97 Å². The van der Waals surface area contributed by atoms with E-state index >= 15 is 0 Å². The maximum Gasteiger partial charge on any atom is 0.337 e. The molecule has 2 heterocycles. The van der Waals surface area contributed by atoms with Gasteiger partial charge in [0.1, 0.15) is 0 Å². The van der Waals surface area contributed by atoms with Crippen LogP contribution in [0.1, 0.15) is 10.4 Å². The number of anilines is 1. The van der Waals surface area contributed by atoms with Crippen molar-refractivity contribution in [1.29, 1.82) is 0 Å². The number of aromatic nitrogens is 1. The summed E-state index contributed by atoms with van der Waals surface area (Å²) < 4.78 is 7.13. The summed E-state index contributed by atoms with van der Waals surface area (Å²) in [6.07, 6.45) is 3.94. The quantitative estimate of drug-likeness (QED) is 0.925. The van der Waals surface area contributed by atoms with Crippen LogP contribution in [0, 0.1) is 0 Å². The number of benzene rings is 1. The van der Waals surface area contributed by atoms with Crippen LogP contribution in [-0.2, 0) is 4.74 Å². The van der Waals surface area contributed by atoms with E-state index in [-0.39, 0.29) is 6.10 Å². The van der Waals surface area contributed by atoms with Gasteiger partial charge in [0.05, 0.1) is 23.0 Å². The molecular weight excluding hydrogens is 256 g/mol. The molecule has 1 aromatic carbocycles. The van der Waals surface area contributed by atoms with E-state index in [1.54, 1.807) is 19.2 Å². The van der Waals surface area contributed by atoms with Gasteiger partial charge in [-0.3, -0.25) is 0 Å². The smallest absolute Gasteiger partial charge is 0.337 e. The van der Waals surface area contributed by atoms with E-state index in [0.717, 1.165) is 18.8 Å². The number of nitrogens with zero attached hydrogens (tertiary/aromatic N) is 2. The van der Waals surface area contributed by atoms with E-state index in [2.05, 4.69) is 4.90 Å². The molecule has 1 saturated heterocycles. The normalized spacial score (nSPS) is 15.2. The molecule has 1 aromatic heterocycles. The Bertz CT molecular complexity index is 616. The van der Waals surface area contributed by atoms with Gasteiger partial charge in [-0.15, -0.1) is 0 Å². The van der Waals surface area contributed by atoms with E-state index in [1.807, 2.05) is 35.2 Å². The molecular formula is C15H16N2O3. The van der Waals surface area contributed by atoms with E-state index in [4.69, 9.17) is 4.74 Å². The predicted octanol–water partition coefficient (Wildman–Crippen LogP) is 2.01. The summed E-state index contributed by atoms with van der Waals surface area (Å²) in [4.78, 5) is 13.6. The van der Waals surface area contributed by atoms with Gasteiger partial charge in [0, 0.05) is 32.6 Å². The molecule has 104 valence electrons. The molecule has 3 rings (SSSR count). The zero-order valence-corrected chi connectivity index (χ0v) is 11.2. The van der Waals surface area contributed by atoms with Crippen LogP contribution in [0.2, 0.25) is 0 Å². The third kappa shape index (κ3) is 2.06. The molecule has 20 heavy (non-hydrogen) atoms. The standard InChI is InChI=1S/C15H16N2O3/c1-20-11-9-17(10-11)13-6-4-5-12(15(18)19)14(13)16-7-2-3-8-16/h2-8,11H,9-10H2,1H3,(H,18,19). The fraction of sp³-hybridized carbons (Fsp3) is 0.267. The molecule has 0 radical (unpaired) electrons. The number of methoxy groups -OCH3 is 1. The Morgan fingerprint density at radius 1 is 1.25 bits per heavy atom. The second-order valence-electron chi connectivity index (χ2n) is 4.83. The number of hydrogen-bond acceptors (Lipinski definition) is 3. The zero-order chi connectivity index (χ0) is 14.1. The summed E-state index contributed by atoms with van der Waals surface area (Å²) in [7, 11) is 1.70. The largest absolute Gasteiger partial charge is 0.478 e. The molecule has 5 nitrogen and oxygen atoms in total. The number of carbonyl (C=O) groups is 1. The van der Waals surface area contributed by atoms with Gasteiger partial charge in [0.15, 0.2) is 0 Å². The molecule has 0 bridgehead atoms. The number of aromatic carboxylic acids is 1. The summed E-state index contributed by atoms with van der Waals surface area (Å²) in [5, 5.41) is 9.40. The number of hydrogen-bond donors (Lipinski definition) is 1. The Hall–Kier alpha value is -2.27. The van der Waals surface area contributed by atoms with Gasteiger partial charge in [0.2, 0.25) is 0 Å². The summed E-state index contributed by atoms with van der Waals surface area (Å²) >= 11 is 0. The van der Waals surface area contributed by atoms with Gasteiger partial charge in [-0.25, -0.2) is 4.79 Å². The van der Waals surface area contributed by atoms with Crippen molar-refractivity contribution < 1.29 is 14.6 Å². The molecule has 1 fully saturated rings. The molecule has 0 saturated carbocycles. The molecule has 0 aliphatic carbocycles. The van der Waals surface area contributed by atoms with Crippen molar-refractivity contribution >= 4 is 11.7 Å². The minimum atomic E-state index is -0.917. The predicted molar refractivity (Wildman–Crippen MR) is 75.7 cm³/mol. The minimum absolute atomic E-state index is 0.223. The van der Waals surface area contributed by atoms with Gasteiger partial charge < -0.3 is 19.3 Å². The second kappa shape index (κ2) is 5.02. The lowest BCUT2D eigenvalue weighted by atomic mass is 10.1. The average Bonchev–Trinajstić information content (AvgIpc) is 2.90. The number of para-hydroxylation sites is 1. The second-order valence-corrected chi connectivity index (χ2v) is 4.83. The van der Waals surface area contributed by atoms with E-state index in [9.17, 15) is 9.90 Å². The van der Waals surface area contributed by atoms with Crippen molar-refractivity contribution in [3.8, 4) is 5.69 Å². The monoisotopic (exact) mass is 272 g/mol. The molecule has 0 amide bonds. The van der Waals surface area contributed by atoms with Crippen molar-refractivity contribution in [1.82, 2.24) is 4.57 Å². The van der Waals surface area contributed by atoms with Crippen molar-refractivity contribution in [2.75, 3.05) is 25.1 Å². The molecule has 1 aliphatic rings. The van der Waals surface area contributed by atoms with Crippen molar-refractivity contribution in [3.05, 3.63) is 48.3 Å². The molecule has 1 aliphatic heterocycles. The van der Waals surface area contributed by atoms with Crippen LogP contribution >= 0.6 is 0 Å². The topological polar surface area (TPSA) is 54.7 Å². The number of ether oxygens (including phenoxy) is 1. The molecule has 0 unspecified atom stereocenters. The number of carboxylic acids is 1. The van der Waals surface area contributed by atoms with Crippen LogP contribution in [0.25, 0.3) is 5.69 Å². The zero-order valence-electron chi connectivity index (χ0n) is 11.2. The van der Waals surface area contributed by atoms with Crippen molar-refractivity contribution in [2.24, 2.45) is 0 Å². The van der Waals surface area contributed by atoms with Gasteiger partial charge >= 0.3 is 5.97 Å². The highest BCUT2D eigenvalue weighted by Crippen LogP contribution is 2.31. The van der Waals surface area contributed by atoms with E-state index in [0.29, 0.717) is 11.3 Å². The summed E-state index contributed by atoms with van der Waals surface area (Å²) in [5.41, 5.74) is 1.94. The lowest BCUT2D eigenvalue weighted by Gasteiger charge is -2.41. The first-order chi connectivity index (χ1) is 9.70. The first-order valence-electron chi connectivity index (χ1n) is 6.48. The van der Waals surface area contributed by atoms with Gasteiger partial charge in [0.25, 0.3) is 0 Å². The Labute approximate surface area is 117 Å². The van der Waals surface area contributed by atoms with Crippen LogP contribution < -0.4 is 4.90 Å². The SMILES string of the molecule is COC1CN(c2cccc(C(=O)O)c2-n2cccc2)C1. The van der Waals surface area contributed by atoms with Gasteiger partial charge in [-0.2, -0.15) is 0 Å². The lowest BCUT2D eigenvalue weighted by molar-refractivity contribution is 0.0696. The van der Waals surface area contributed by atoms with Gasteiger partial charge in [-0.05, 0) is 24.3 Å². The molecule has 5 heteroatoms. The number of rotatable bonds is 4. The Morgan fingerprint density at radius 3 is 2.55 bits per heavy atom. The Balaban J connectivity index is 2.06. The van der Waals surface area contributed by atoms with Crippen LogP contribution in [0.3, 0.4) is 0 Å². The Kier molecular flexibility index (Phi) is 3.20. The highest BCUT2D eigenvalue weighted by molar-refractivity contribution is 5.95. The lowest BCUT2D eigenvalue weighted by Crippen LogP contribution is -2.52. The Morgan fingerprint density at radius 2 is 1.95 bits per heavy atom. The fourth-order valence-corrected chi connectivity index (χ4v) is 2.50. The van der Waals surface area contributed by atoms with Crippen molar-refractivity contribution in [3.63, 3.8) is 0 Å². The van der Waals surface area contributed by atoms with Crippen LogP contribution in [0.4, 0.5) is 5.69 Å². The summed E-state index contributed by atoms with van der Waals surface area (Å²) in [6, 6.07) is 9.14. The minimum Gasteiger partial charge on any atom is -0.478 e. The van der Waals surface area contributed by atoms with Crippen LogP contribution in [0.15, 0.2) is 42.7 Å². The first-order valence-corrected chi connectivity index (χ1v) is 6.48. The molecule has 1 N–H and O–H groups in total. The van der Waals surface area contributed by atoms with Crippen LogP contribution in [0.5, 0.6) is 0 Å². The van der Waals surface area contributed by atoms with E-state index in [1.165, 1.54) is 0 Å². The first kappa shape index (κ1) is 12.7. The van der Waals surface area contributed by atoms with Crippen LogP contribution in [-0.4, -0.2) is 41.9 Å². The molecule has 2 aromatic rings.